The van der Waals surface area contributed by atoms with Gasteiger partial charge in [0.25, 0.3) is 0 Å². The molecule has 0 aliphatic carbocycles. The molecule has 3 nitrogen and oxygen atoms in total. The van der Waals surface area contributed by atoms with Crippen LogP contribution in [0.1, 0.15) is 18.1 Å². The van der Waals surface area contributed by atoms with Crippen LogP contribution in [-0.2, 0) is 17.9 Å². The quantitative estimate of drug-likeness (QED) is 0.848. The number of rotatable bonds is 1. The van der Waals surface area contributed by atoms with Gasteiger partial charge in [0.05, 0.1) is 0 Å². The van der Waals surface area contributed by atoms with Crippen LogP contribution >= 0.6 is 15.9 Å². The van der Waals surface area contributed by atoms with Crippen molar-refractivity contribution in [3.05, 3.63) is 27.7 Å². The van der Waals surface area contributed by atoms with Gasteiger partial charge in [0, 0.05) is 30.2 Å². The summed E-state index contributed by atoms with van der Waals surface area (Å²) in [6.45, 7) is 3.36. The fourth-order valence-electron chi connectivity index (χ4n) is 1.92. The molecule has 0 atom stereocenters. The lowest BCUT2D eigenvalue weighted by Crippen LogP contribution is -2.10. The van der Waals surface area contributed by atoms with Crippen molar-refractivity contribution < 1.29 is 4.79 Å². The molecule has 1 aliphatic heterocycles. The Bertz CT molecular complexity index is 417. The molecule has 0 spiro atoms. The predicted molar refractivity (Wildman–Crippen MR) is 63.6 cm³/mol. The Kier molecular flexibility index (Phi) is 2.80. The lowest BCUT2D eigenvalue weighted by atomic mass is 10.1. The smallest absolute Gasteiger partial charge is 0.221 e. The van der Waals surface area contributed by atoms with Crippen LogP contribution in [0.25, 0.3) is 0 Å². The summed E-state index contributed by atoms with van der Waals surface area (Å²) in [4.78, 5) is 13.3. The number of halogens is 1. The summed E-state index contributed by atoms with van der Waals surface area (Å²) in [7, 11) is 2.07. The van der Waals surface area contributed by atoms with Gasteiger partial charge in [0.2, 0.25) is 5.91 Å². The Morgan fingerprint density at radius 1 is 1.40 bits per heavy atom. The summed E-state index contributed by atoms with van der Waals surface area (Å²) in [6.07, 6.45) is 0. The molecule has 1 aromatic rings. The third-order valence-corrected chi connectivity index (χ3v) is 3.28. The fraction of sp³-hybridized carbons (Fsp3) is 0.364. The molecule has 0 saturated heterocycles. The van der Waals surface area contributed by atoms with Crippen LogP contribution in [-0.4, -0.2) is 17.9 Å². The van der Waals surface area contributed by atoms with E-state index in [9.17, 15) is 4.79 Å². The molecule has 4 heteroatoms. The minimum Gasteiger partial charge on any atom is -0.326 e. The van der Waals surface area contributed by atoms with Crippen molar-refractivity contribution in [2.45, 2.75) is 20.0 Å². The number of benzene rings is 1. The van der Waals surface area contributed by atoms with Gasteiger partial charge in [-0.05, 0) is 30.3 Å². The molecule has 1 N–H and O–H groups in total. The number of anilines is 1. The van der Waals surface area contributed by atoms with Crippen LogP contribution in [0, 0.1) is 0 Å². The minimum atomic E-state index is -0.0194. The van der Waals surface area contributed by atoms with Gasteiger partial charge in [0.15, 0.2) is 0 Å². The van der Waals surface area contributed by atoms with E-state index < -0.39 is 0 Å². The van der Waals surface area contributed by atoms with E-state index in [1.54, 1.807) is 0 Å². The third kappa shape index (κ3) is 2.06. The SMILES string of the molecule is CC(=O)Nc1ccc(Br)c2c1CN(C)C2. The Hall–Kier alpha value is -0.870. The van der Waals surface area contributed by atoms with Crippen molar-refractivity contribution in [2.24, 2.45) is 0 Å². The Balaban J connectivity index is 2.43. The molecule has 0 saturated carbocycles. The zero-order chi connectivity index (χ0) is 11.0. The summed E-state index contributed by atoms with van der Waals surface area (Å²) in [5.74, 6) is -0.0194. The first-order valence-electron chi connectivity index (χ1n) is 4.84. The number of amides is 1. The average molecular weight is 269 g/mol. The summed E-state index contributed by atoms with van der Waals surface area (Å²) in [5, 5.41) is 2.87. The van der Waals surface area contributed by atoms with Crippen LogP contribution in [0.15, 0.2) is 16.6 Å². The third-order valence-electron chi connectivity index (χ3n) is 2.54. The average Bonchev–Trinajstić information content (AvgIpc) is 2.52. The molecule has 0 radical (unpaired) electrons. The number of hydrogen-bond acceptors (Lipinski definition) is 2. The maximum Gasteiger partial charge on any atom is 0.221 e. The highest BCUT2D eigenvalue weighted by atomic mass is 79.9. The van der Waals surface area contributed by atoms with E-state index >= 15 is 0 Å². The summed E-state index contributed by atoms with van der Waals surface area (Å²) in [5.41, 5.74) is 3.44. The second kappa shape index (κ2) is 3.94. The highest BCUT2D eigenvalue weighted by Gasteiger charge is 2.21. The Morgan fingerprint density at radius 2 is 2.07 bits per heavy atom. The van der Waals surface area contributed by atoms with Crippen LogP contribution in [0.5, 0.6) is 0 Å². The summed E-state index contributed by atoms with van der Waals surface area (Å²) in [6, 6.07) is 3.94. The Morgan fingerprint density at radius 3 is 2.73 bits per heavy atom. The molecule has 0 aromatic heterocycles. The maximum atomic E-state index is 11.0. The predicted octanol–water partition coefficient (Wildman–Crippen LogP) is 2.35. The van der Waals surface area contributed by atoms with Gasteiger partial charge in [-0.1, -0.05) is 15.9 Å². The maximum absolute atomic E-state index is 11.0. The topological polar surface area (TPSA) is 32.3 Å². The van der Waals surface area contributed by atoms with E-state index in [1.165, 1.54) is 18.1 Å². The lowest BCUT2D eigenvalue weighted by molar-refractivity contribution is -0.114. The number of carbonyl (C=O) groups is 1. The minimum absolute atomic E-state index is 0.0194. The normalized spacial score (nSPS) is 15.1. The van der Waals surface area contributed by atoms with Crippen molar-refractivity contribution in [1.82, 2.24) is 4.90 Å². The molecule has 0 unspecified atom stereocenters. The summed E-state index contributed by atoms with van der Waals surface area (Å²) < 4.78 is 1.12. The van der Waals surface area contributed by atoms with Crippen LogP contribution in [0.4, 0.5) is 5.69 Å². The zero-order valence-corrected chi connectivity index (χ0v) is 10.4. The van der Waals surface area contributed by atoms with Gasteiger partial charge in [-0.3, -0.25) is 9.69 Å². The molecular weight excluding hydrogens is 256 g/mol. The standard InChI is InChI=1S/C11H13BrN2O/c1-7(15)13-11-4-3-10(12)8-5-14(2)6-9(8)11/h3-4H,5-6H2,1-2H3,(H,13,15). The Labute approximate surface area is 97.6 Å². The van der Waals surface area contributed by atoms with E-state index in [1.807, 2.05) is 12.1 Å². The largest absolute Gasteiger partial charge is 0.326 e. The van der Waals surface area contributed by atoms with Gasteiger partial charge in [0.1, 0.15) is 0 Å². The first kappa shape index (κ1) is 10.6. The molecule has 1 aliphatic rings. The van der Waals surface area contributed by atoms with E-state index in [0.717, 1.165) is 23.2 Å². The lowest BCUT2D eigenvalue weighted by Gasteiger charge is -2.09. The van der Waals surface area contributed by atoms with Crippen molar-refractivity contribution in [1.29, 1.82) is 0 Å². The van der Waals surface area contributed by atoms with Gasteiger partial charge < -0.3 is 5.32 Å². The molecule has 1 amide bonds. The monoisotopic (exact) mass is 268 g/mol. The molecule has 15 heavy (non-hydrogen) atoms. The second-order valence-electron chi connectivity index (χ2n) is 3.91. The van der Waals surface area contributed by atoms with Crippen LogP contribution in [0.3, 0.4) is 0 Å². The first-order valence-corrected chi connectivity index (χ1v) is 5.63. The molecule has 2 rings (SSSR count). The van der Waals surface area contributed by atoms with Gasteiger partial charge >= 0.3 is 0 Å². The molecular formula is C11H13BrN2O. The van der Waals surface area contributed by atoms with Crippen LogP contribution in [0.2, 0.25) is 0 Å². The number of carbonyl (C=O) groups excluding carboxylic acids is 1. The number of fused-ring (bicyclic) bond motifs is 1. The highest BCUT2D eigenvalue weighted by molar-refractivity contribution is 9.10. The number of nitrogens with one attached hydrogen (secondary N) is 1. The van der Waals surface area contributed by atoms with Crippen molar-refractivity contribution in [3.8, 4) is 0 Å². The molecule has 1 heterocycles. The van der Waals surface area contributed by atoms with Crippen molar-refractivity contribution in [3.63, 3.8) is 0 Å². The van der Waals surface area contributed by atoms with Crippen molar-refractivity contribution >= 4 is 27.5 Å². The second-order valence-corrected chi connectivity index (χ2v) is 4.76. The molecule has 0 bridgehead atoms. The van der Waals surface area contributed by atoms with Gasteiger partial charge in [-0.2, -0.15) is 0 Å². The van der Waals surface area contributed by atoms with E-state index in [-0.39, 0.29) is 5.91 Å². The first-order chi connectivity index (χ1) is 7.08. The van der Waals surface area contributed by atoms with Gasteiger partial charge in [-0.15, -0.1) is 0 Å². The highest BCUT2D eigenvalue weighted by Crippen LogP contribution is 2.33. The van der Waals surface area contributed by atoms with Gasteiger partial charge in [-0.25, -0.2) is 0 Å². The van der Waals surface area contributed by atoms with E-state index in [2.05, 4.69) is 33.2 Å². The zero-order valence-electron chi connectivity index (χ0n) is 8.80. The van der Waals surface area contributed by atoms with E-state index in [0.29, 0.717) is 0 Å². The van der Waals surface area contributed by atoms with Crippen LogP contribution < -0.4 is 5.32 Å². The molecule has 0 fully saturated rings. The number of hydrogen-bond donors (Lipinski definition) is 1. The summed E-state index contributed by atoms with van der Waals surface area (Å²) >= 11 is 3.54. The fourth-order valence-corrected chi connectivity index (χ4v) is 2.42. The molecule has 80 valence electrons. The number of nitrogens with zero attached hydrogens (tertiary/aromatic N) is 1. The van der Waals surface area contributed by atoms with Crippen molar-refractivity contribution in [2.75, 3.05) is 12.4 Å². The van der Waals surface area contributed by atoms with E-state index in [4.69, 9.17) is 0 Å². The molecule has 1 aromatic carbocycles.